The van der Waals surface area contributed by atoms with E-state index in [-0.39, 0.29) is 12.8 Å². The summed E-state index contributed by atoms with van der Waals surface area (Å²) in [5.74, 6) is -2.89. The molecule has 172 valence electrons. The van der Waals surface area contributed by atoms with Crippen LogP contribution >= 0.6 is 7.60 Å². The Bertz CT molecular complexity index is 684. The Kier molecular flexibility index (Phi) is 9.89. The van der Waals surface area contributed by atoms with Crippen molar-refractivity contribution in [3.63, 3.8) is 0 Å². The topological polar surface area (TPSA) is 150 Å². The molecule has 0 aromatic rings. The predicted molar refractivity (Wildman–Crippen MR) is 98.4 cm³/mol. The van der Waals surface area contributed by atoms with E-state index in [0.717, 1.165) is 41.9 Å². The number of carbonyl (C=O) groups excluding carboxylic acids is 4. The first-order chi connectivity index (χ1) is 13.9. The average molecular weight is 454 g/mol. The van der Waals surface area contributed by atoms with Crippen molar-refractivity contribution in [1.82, 2.24) is 0 Å². The number of carbonyl (C=O) groups is 4. The third-order valence-electron chi connectivity index (χ3n) is 4.05. The standard InChI is InChI=1S/C17H27O12P/c1-9(18)25-7-13-15(26-10(2)19)17(28-12(4)21)16(27-11(3)20)14(29-13)8-30(22,23-5)24-6/h13-17H,7-8H2,1-6H3/t13-,14-,15-,16+,17+/m1/s1. The molecule has 12 nitrogen and oxygen atoms in total. The second-order valence-electron chi connectivity index (χ2n) is 6.40. The van der Waals surface area contributed by atoms with Gasteiger partial charge in [-0.05, 0) is 0 Å². The maximum absolute atomic E-state index is 12.7. The van der Waals surface area contributed by atoms with Gasteiger partial charge in [0.1, 0.15) is 18.8 Å². The molecule has 1 heterocycles. The van der Waals surface area contributed by atoms with E-state index in [9.17, 15) is 23.7 Å². The molecule has 30 heavy (non-hydrogen) atoms. The third kappa shape index (κ3) is 7.67. The van der Waals surface area contributed by atoms with Crippen LogP contribution in [0.2, 0.25) is 0 Å². The average Bonchev–Trinajstić information content (AvgIpc) is 2.63. The highest BCUT2D eigenvalue weighted by Gasteiger charge is 2.53. The van der Waals surface area contributed by atoms with Crippen LogP contribution in [-0.4, -0.2) is 81.4 Å². The minimum atomic E-state index is -3.68. The van der Waals surface area contributed by atoms with Gasteiger partial charge in [0.25, 0.3) is 0 Å². The van der Waals surface area contributed by atoms with Gasteiger partial charge in [0.15, 0.2) is 18.3 Å². The minimum absolute atomic E-state index is 0.376. The van der Waals surface area contributed by atoms with Crippen molar-refractivity contribution in [3.05, 3.63) is 0 Å². The molecule has 0 saturated carbocycles. The van der Waals surface area contributed by atoms with E-state index < -0.39 is 62.0 Å². The van der Waals surface area contributed by atoms with E-state index in [1.807, 2.05) is 0 Å². The Morgan fingerprint density at radius 2 is 1.17 bits per heavy atom. The summed E-state index contributed by atoms with van der Waals surface area (Å²) in [4.78, 5) is 46.3. The highest BCUT2D eigenvalue weighted by molar-refractivity contribution is 7.53. The number of hydrogen-bond donors (Lipinski definition) is 0. The van der Waals surface area contributed by atoms with E-state index in [2.05, 4.69) is 0 Å². The van der Waals surface area contributed by atoms with E-state index in [0.29, 0.717) is 0 Å². The highest BCUT2D eigenvalue weighted by atomic mass is 31.2. The second-order valence-corrected chi connectivity index (χ2v) is 8.71. The van der Waals surface area contributed by atoms with E-state index in [1.165, 1.54) is 0 Å². The molecule has 0 radical (unpaired) electrons. The molecule has 1 aliphatic rings. The Morgan fingerprint density at radius 1 is 0.733 bits per heavy atom. The molecule has 0 unspecified atom stereocenters. The molecule has 1 rings (SSSR count). The van der Waals surface area contributed by atoms with Gasteiger partial charge >= 0.3 is 31.5 Å². The van der Waals surface area contributed by atoms with Crippen LogP contribution < -0.4 is 0 Å². The molecular formula is C17H27O12P. The van der Waals surface area contributed by atoms with Gasteiger partial charge in [0.2, 0.25) is 0 Å². The number of hydrogen-bond acceptors (Lipinski definition) is 12. The smallest absolute Gasteiger partial charge is 0.332 e. The van der Waals surface area contributed by atoms with Crippen molar-refractivity contribution in [2.75, 3.05) is 27.0 Å². The quantitative estimate of drug-likeness (QED) is 0.273. The lowest BCUT2D eigenvalue weighted by atomic mass is 9.95. The molecule has 0 aromatic carbocycles. The molecule has 0 aliphatic carbocycles. The van der Waals surface area contributed by atoms with Crippen molar-refractivity contribution < 1.29 is 56.5 Å². The van der Waals surface area contributed by atoms with Gasteiger partial charge in [-0.2, -0.15) is 0 Å². The monoisotopic (exact) mass is 454 g/mol. The van der Waals surface area contributed by atoms with Crippen LogP contribution in [0.1, 0.15) is 27.7 Å². The molecule has 0 spiro atoms. The SMILES string of the molecule is COP(=O)(C[C@H]1O[C@H](COC(C)=O)[C@@H](OC(C)=O)[C@H](OC(C)=O)[C@H]1OC(C)=O)OC. The maximum Gasteiger partial charge on any atom is 0.332 e. The Balaban J connectivity index is 3.41. The molecule has 0 bridgehead atoms. The summed E-state index contributed by atoms with van der Waals surface area (Å²) in [6, 6.07) is 0. The van der Waals surface area contributed by atoms with Crippen LogP contribution in [0.3, 0.4) is 0 Å². The molecule has 0 amide bonds. The van der Waals surface area contributed by atoms with Crippen molar-refractivity contribution in [1.29, 1.82) is 0 Å². The van der Waals surface area contributed by atoms with Crippen LogP contribution in [-0.2, 0) is 56.5 Å². The van der Waals surface area contributed by atoms with Crippen LogP contribution in [0, 0.1) is 0 Å². The van der Waals surface area contributed by atoms with Gasteiger partial charge in [0.05, 0.1) is 6.16 Å². The number of esters is 4. The molecule has 13 heteroatoms. The predicted octanol–water partition coefficient (Wildman–Crippen LogP) is 0.598. The van der Waals surface area contributed by atoms with E-state index in [4.69, 9.17) is 32.7 Å². The Morgan fingerprint density at radius 3 is 1.57 bits per heavy atom. The lowest BCUT2D eigenvalue weighted by molar-refractivity contribution is -0.249. The maximum atomic E-state index is 12.7. The fourth-order valence-corrected chi connectivity index (χ4v) is 4.09. The van der Waals surface area contributed by atoms with Gasteiger partial charge < -0.3 is 32.7 Å². The zero-order valence-electron chi connectivity index (χ0n) is 17.6. The second kappa shape index (κ2) is 11.4. The van der Waals surface area contributed by atoms with Gasteiger partial charge in [-0.3, -0.25) is 23.7 Å². The van der Waals surface area contributed by atoms with Crippen molar-refractivity contribution in [2.45, 2.75) is 58.2 Å². The first kappa shape index (κ1) is 26.0. The van der Waals surface area contributed by atoms with Crippen LogP contribution in [0.25, 0.3) is 0 Å². The van der Waals surface area contributed by atoms with Crippen LogP contribution in [0.5, 0.6) is 0 Å². The van der Waals surface area contributed by atoms with E-state index in [1.54, 1.807) is 0 Å². The largest absolute Gasteiger partial charge is 0.463 e. The molecule has 1 aliphatic heterocycles. The summed E-state index contributed by atoms with van der Waals surface area (Å²) in [6.07, 6.45) is -6.62. The lowest BCUT2D eigenvalue weighted by Gasteiger charge is -2.44. The minimum Gasteiger partial charge on any atom is -0.463 e. The summed E-state index contributed by atoms with van der Waals surface area (Å²) in [7, 11) is -1.35. The first-order valence-electron chi connectivity index (χ1n) is 8.93. The van der Waals surface area contributed by atoms with Gasteiger partial charge in [-0.25, -0.2) is 0 Å². The molecular weight excluding hydrogens is 427 g/mol. The fourth-order valence-electron chi connectivity index (χ4n) is 2.91. The fraction of sp³-hybridized carbons (Fsp3) is 0.765. The normalized spacial score (nSPS) is 26.4. The van der Waals surface area contributed by atoms with Crippen molar-refractivity contribution in [3.8, 4) is 0 Å². The van der Waals surface area contributed by atoms with Gasteiger partial charge in [-0.1, -0.05) is 0 Å². The zero-order chi connectivity index (χ0) is 23.1. The first-order valence-corrected chi connectivity index (χ1v) is 10.7. The molecule has 5 atom stereocenters. The van der Waals surface area contributed by atoms with Gasteiger partial charge in [0, 0.05) is 41.9 Å². The summed E-state index contributed by atoms with van der Waals surface area (Å²) in [5.41, 5.74) is 0. The lowest BCUT2D eigenvalue weighted by Crippen LogP contribution is -2.63. The van der Waals surface area contributed by atoms with Crippen molar-refractivity contribution in [2.24, 2.45) is 0 Å². The number of ether oxygens (including phenoxy) is 5. The molecule has 0 N–H and O–H groups in total. The Labute approximate surface area is 173 Å². The van der Waals surface area contributed by atoms with Crippen LogP contribution in [0.15, 0.2) is 0 Å². The zero-order valence-corrected chi connectivity index (χ0v) is 18.5. The Hall–Kier alpha value is -2.01. The van der Waals surface area contributed by atoms with Crippen molar-refractivity contribution >= 4 is 31.5 Å². The highest BCUT2D eigenvalue weighted by Crippen LogP contribution is 2.49. The molecule has 0 aromatic heterocycles. The van der Waals surface area contributed by atoms with E-state index >= 15 is 0 Å². The van der Waals surface area contributed by atoms with Crippen LogP contribution in [0.4, 0.5) is 0 Å². The molecule has 1 saturated heterocycles. The number of rotatable bonds is 9. The summed E-state index contributed by atoms with van der Waals surface area (Å²) in [5, 5.41) is 0. The third-order valence-corrected chi connectivity index (χ3v) is 5.97. The summed E-state index contributed by atoms with van der Waals surface area (Å²) < 4.78 is 49.1. The summed E-state index contributed by atoms with van der Waals surface area (Å²) >= 11 is 0. The summed E-state index contributed by atoms with van der Waals surface area (Å²) in [6.45, 7) is 4.12. The van der Waals surface area contributed by atoms with Gasteiger partial charge in [-0.15, -0.1) is 0 Å². The molecule has 1 fully saturated rings.